The van der Waals surface area contributed by atoms with Crippen molar-refractivity contribution in [3.8, 4) is 6.07 Å². The molecular formula is C21H25FN2OS. The average molecular weight is 373 g/mol. The van der Waals surface area contributed by atoms with E-state index < -0.39 is 0 Å². The van der Waals surface area contributed by atoms with Crippen LogP contribution in [0.3, 0.4) is 0 Å². The van der Waals surface area contributed by atoms with Crippen LogP contribution in [-0.2, 0) is 4.79 Å². The van der Waals surface area contributed by atoms with Gasteiger partial charge in [-0.3, -0.25) is 4.79 Å². The van der Waals surface area contributed by atoms with Gasteiger partial charge in [0.25, 0.3) is 0 Å². The third kappa shape index (κ3) is 3.49. The number of halogens is 1. The molecule has 0 spiro atoms. The molecular weight excluding hydrogens is 347 g/mol. The topological polar surface area (TPSA) is 44.1 Å². The first-order valence-electron chi connectivity index (χ1n) is 9.64. The summed E-state index contributed by atoms with van der Waals surface area (Å²) in [5, 5.41) is 9.08. The highest BCUT2D eigenvalue weighted by Gasteiger charge is 2.54. The zero-order valence-corrected chi connectivity index (χ0v) is 15.8. The SMILES string of the molecule is N#CCCN(C(=O)CSc1ccc(F)cc1)C12CC3CC(CC(C3)C1)C2. The lowest BCUT2D eigenvalue weighted by atomic mass is 9.52. The summed E-state index contributed by atoms with van der Waals surface area (Å²) in [6, 6.07) is 8.52. The van der Waals surface area contributed by atoms with Crippen LogP contribution in [0.4, 0.5) is 4.39 Å². The Bertz CT molecular complexity index is 676. The van der Waals surface area contributed by atoms with E-state index in [1.54, 1.807) is 12.1 Å². The molecule has 4 saturated carbocycles. The van der Waals surface area contributed by atoms with Crippen molar-refractivity contribution in [2.75, 3.05) is 12.3 Å². The van der Waals surface area contributed by atoms with Gasteiger partial charge in [0.15, 0.2) is 0 Å². The van der Waals surface area contributed by atoms with E-state index >= 15 is 0 Å². The smallest absolute Gasteiger partial charge is 0.233 e. The van der Waals surface area contributed by atoms with Crippen LogP contribution in [0.5, 0.6) is 0 Å². The molecule has 5 heteroatoms. The second kappa shape index (κ2) is 7.23. The van der Waals surface area contributed by atoms with Gasteiger partial charge in [-0.1, -0.05) is 0 Å². The van der Waals surface area contributed by atoms with Crippen molar-refractivity contribution in [1.82, 2.24) is 4.90 Å². The molecule has 4 fully saturated rings. The molecule has 1 aromatic rings. The molecule has 0 aromatic heterocycles. The molecule has 0 aliphatic heterocycles. The van der Waals surface area contributed by atoms with Gasteiger partial charge >= 0.3 is 0 Å². The molecule has 4 aliphatic rings. The van der Waals surface area contributed by atoms with E-state index in [0.29, 0.717) is 18.7 Å². The number of rotatable bonds is 6. The first-order valence-corrected chi connectivity index (χ1v) is 10.6. The Morgan fingerprint density at radius 3 is 2.27 bits per heavy atom. The van der Waals surface area contributed by atoms with E-state index in [1.165, 1.54) is 43.2 Å². The third-order valence-corrected chi connectivity index (χ3v) is 7.50. The molecule has 138 valence electrons. The number of amides is 1. The molecule has 0 radical (unpaired) electrons. The molecule has 1 aromatic carbocycles. The summed E-state index contributed by atoms with van der Waals surface area (Å²) in [4.78, 5) is 16.1. The summed E-state index contributed by atoms with van der Waals surface area (Å²) in [6.45, 7) is 0.547. The fourth-order valence-corrected chi connectivity index (χ4v) is 6.71. The monoisotopic (exact) mass is 372 g/mol. The van der Waals surface area contributed by atoms with Crippen molar-refractivity contribution in [1.29, 1.82) is 5.26 Å². The number of carbonyl (C=O) groups excluding carboxylic acids is 1. The molecule has 4 bridgehead atoms. The zero-order valence-electron chi connectivity index (χ0n) is 15.0. The Labute approximate surface area is 158 Å². The number of hydrogen-bond acceptors (Lipinski definition) is 3. The van der Waals surface area contributed by atoms with Gasteiger partial charge in [0.1, 0.15) is 5.82 Å². The second-order valence-corrected chi connectivity index (χ2v) is 9.39. The quantitative estimate of drug-likeness (QED) is 0.684. The molecule has 1 amide bonds. The van der Waals surface area contributed by atoms with E-state index in [9.17, 15) is 9.18 Å². The molecule has 0 unspecified atom stereocenters. The van der Waals surface area contributed by atoms with E-state index in [0.717, 1.165) is 41.9 Å². The molecule has 5 rings (SSSR count). The maximum Gasteiger partial charge on any atom is 0.233 e. The predicted octanol–water partition coefficient (Wildman–Crippen LogP) is 4.63. The van der Waals surface area contributed by atoms with Gasteiger partial charge in [0, 0.05) is 17.0 Å². The number of hydrogen-bond donors (Lipinski definition) is 0. The average Bonchev–Trinajstić information content (AvgIpc) is 2.60. The van der Waals surface area contributed by atoms with Crippen molar-refractivity contribution in [2.24, 2.45) is 17.8 Å². The molecule has 0 atom stereocenters. The highest BCUT2D eigenvalue weighted by atomic mass is 32.2. The summed E-state index contributed by atoms with van der Waals surface area (Å²) in [5.74, 6) is 2.54. The van der Waals surface area contributed by atoms with Crippen molar-refractivity contribution in [3.05, 3.63) is 30.1 Å². The fraction of sp³-hybridized carbons (Fsp3) is 0.619. The Hall–Kier alpha value is -1.54. The van der Waals surface area contributed by atoms with Crippen LogP contribution in [-0.4, -0.2) is 28.6 Å². The second-order valence-electron chi connectivity index (χ2n) is 8.34. The van der Waals surface area contributed by atoms with Gasteiger partial charge < -0.3 is 4.90 Å². The molecule has 3 nitrogen and oxygen atoms in total. The third-order valence-electron chi connectivity index (χ3n) is 6.50. The van der Waals surface area contributed by atoms with Gasteiger partial charge in [-0.15, -0.1) is 11.8 Å². The van der Waals surface area contributed by atoms with E-state index in [-0.39, 0.29) is 17.3 Å². The van der Waals surface area contributed by atoms with Crippen LogP contribution in [0.1, 0.15) is 44.9 Å². The summed E-state index contributed by atoms with van der Waals surface area (Å²) in [7, 11) is 0. The molecule has 0 heterocycles. The van der Waals surface area contributed by atoms with Gasteiger partial charge in [0.05, 0.1) is 18.2 Å². The maximum absolute atomic E-state index is 13.1. The molecule has 0 saturated heterocycles. The normalized spacial score (nSPS) is 31.6. The number of benzene rings is 1. The highest BCUT2D eigenvalue weighted by Crippen LogP contribution is 2.57. The Morgan fingerprint density at radius 1 is 1.15 bits per heavy atom. The predicted molar refractivity (Wildman–Crippen MR) is 100.0 cm³/mol. The van der Waals surface area contributed by atoms with Crippen molar-refractivity contribution < 1.29 is 9.18 Å². The standard InChI is InChI=1S/C21H25FN2OS/c22-18-2-4-19(5-3-18)26-14-20(25)24(7-1-6-23)21-11-15-8-16(12-21)10-17(9-15)13-21/h2-5,15-17H,1,7-14H2. The minimum atomic E-state index is -0.259. The van der Waals surface area contributed by atoms with Gasteiger partial charge in [-0.25, -0.2) is 4.39 Å². The van der Waals surface area contributed by atoms with Crippen molar-refractivity contribution in [2.45, 2.75) is 55.4 Å². The van der Waals surface area contributed by atoms with Crippen LogP contribution in [0.2, 0.25) is 0 Å². The van der Waals surface area contributed by atoms with Gasteiger partial charge in [0.2, 0.25) is 5.91 Å². The summed E-state index contributed by atoms with van der Waals surface area (Å²) in [5.41, 5.74) is -0.00790. The lowest BCUT2D eigenvalue weighted by Crippen LogP contribution is -2.62. The Kier molecular flexibility index (Phi) is 4.96. The van der Waals surface area contributed by atoms with E-state index in [2.05, 4.69) is 11.0 Å². The van der Waals surface area contributed by atoms with Crippen LogP contribution in [0.15, 0.2) is 29.2 Å². The molecule has 26 heavy (non-hydrogen) atoms. The van der Waals surface area contributed by atoms with E-state index in [4.69, 9.17) is 5.26 Å². The number of carbonyl (C=O) groups is 1. The zero-order chi connectivity index (χ0) is 18.1. The van der Waals surface area contributed by atoms with Crippen LogP contribution in [0.25, 0.3) is 0 Å². The highest BCUT2D eigenvalue weighted by molar-refractivity contribution is 8.00. The lowest BCUT2D eigenvalue weighted by Gasteiger charge is -2.60. The van der Waals surface area contributed by atoms with Gasteiger partial charge in [-0.2, -0.15) is 5.26 Å². The number of nitriles is 1. The summed E-state index contributed by atoms with van der Waals surface area (Å²) in [6.07, 6.45) is 7.78. The van der Waals surface area contributed by atoms with Crippen LogP contribution in [0, 0.1) is 34.9 Å². The summed E-state index contributed by atoms with van der Waals surface area (Å²) >= 11 is 1.46. The Morgan fingerprint density at radius 2 is 1.73 bits per heavy atom. The Balaban J connectivity index is 1.48. The van der Waals surface area contributed by atoms with E-state index in [1.807, 2.05) is 0 Å². The molecule has 0 N–H and O–H groups in total. The maximum atomic E-state index is 13.1. The first-order chi connectivity index (χ1) is 12.6. The molecule has 4 aliphatic carbocycles. The summed E-state index contributed by atoms with van der Waals surface area (Å²) < 4.78 is 13.1. The van der Waals surface area contributed by atoms with Crippen LogP contribution >= 0.6 is 11.8 Å². The van der Waals surface area contributed by atoms with Gasteiger partial charge in [-0.05, 0) is 80.5 Å². The lowest BCUT2D eigenvalue weighted by molar-refractivity contribution is -0.147. The minimum Gasteiger partial charge on any atom is -0.335 e. The number of nitrogens with zero attached hydrogens (tertiary/aromatic N) is 2. The number of thioether (sulfide) groups is 1. The first kappa shape index (κ1) is 17.9. The fourth-order valence-electron chi connectivity index (χ4n) is 5.94. The minimum absolute atomic E-state index is 0.00790. The van der Waals surface area contributed by atoms with Crippen molar-refractivity contribution in [3.63, 3.8) is 0 Å². The van der Waals surface area contributed by atoms with Crippen molar-refractivity contribution >= 4 is 17.7 Å². The van der Waals surface area contributed by atoms with Crippen LogP contribution < -0.4 is 0 Å². The largest absolute Gasteiger partial charge is 0.335 e.